The second-order valence-corrected chi connectivity index (χ2v) is 3.66. The van der Waals surface area contributed by atoms with Crippen LogP contribution in [0.4, 0.5) is 0 Å². The van der Waals surface area contributed by atoms with Gasteiger partial charge in [0.2, 0.25) is 0 Å². The van der Waals surface area contributed by atoms with E-state index in [-0.39, 0.29) is 5.38 Å². The summed E-state index contributed by atoms with van der Waals surface area (Å²) in [4.78, 5) is 0. The predicted molar refractivity (Wildman–Crippen MR) is 54.6 cm³/mol. The van der Waals surface area contributed by atoms with Crippen LogP contribution in [0.3, 0.4) is 0 Å². The van der Waals surface area contributed by atoms with Gasteiger partial charge in [-0.1, -0.05) is 48.5 Å². The maximum Gasteiger partial charge on any atom is 0.0633 e. The van der Waals surface area contributed by atoms with Gasteiger partial charge in [-0.3, -0.25) is 0 Å². The van der Waals surface area contributed by atoms with Crippen LogP contribution in [0.5, 0.6) is 0 Å². The molecule has 0 aliphatic heterocycles. The van der Waals surface area contributed by atoms with E-state index in [1.165, 1.54) is 0 Å². The minimum absolute atomic E-state index is 0.0591. The van der Waals surface area contributed by atoms with Gasteiger partial charge < -0.3 is 0 Å². The second kappa shape index (κ2) is 4.54. The molecule has 1 aromatic carbocycles. The summed E-state index contributed by atoms with van der Waals surface area (Å²) < 4.78 is 0. The van der Waals surface area contributed by atoms with Crippen molar-refractivity contribution in [3.8, 4) is 0 Å². The molecule has 0 aromatic heterocycles. The SMILES string of the molecule is C=C(Cl)CC(Cl)c1ccccc1. The first-order valence-corrected chi connectivity index (χ1v) is 4.54. The molecule has 0 saturated carbocycles. The van der Waals surface area contributed by atoms with Crippen molar-refractivity contribution in [2.45, 2.75) is 11.8 Å². The van der Waals surface area contributed by atoms with Gasteiger partial charge in [0, 0.05) is 11.5 Å². The van der Waals surface area contributed by atoms with Crippen LogP contribution in [0.1, 0.15) is 17.4 Å². The van der Waals surface area contributed by atoms with E-state index >= 15 is 0 Å². The number of halogens is 2. The highest BCUT2D eigenvalue weighted by atomic mass is 35.5. The number of rotatable bonds is 3. The Hall–Kier alpha value is -0.460. The molecule has 0 amide bonds. The molecule has 0 fully saturated rings. The van der Waals surface area contributed by atoms with Crippen LogP contribution >= 0.6 is 23.2 Å². The van der Waals surface area contributed by atoms with Crippen LogP contribution in [0.25, 0.3) is 0 Å². The number of benzene rings is 1. The Morgan fingerprint density at radius 3 is 2.42 bits per heavy atom. The molecule has 12 heavy (non-hydrogen) atoms. The normalized spacial score (nSPS) is 12.5. The lowest BCUT2D eigenvalue weighted by atomic mass is 10.1. The highest BCUT2D eigenvalue weighted by Gasteiger charge is 2.06. The molecule has 1 unspecified atom stereocenters. The molecule has 1 aromatic rings. The molecule has 0 radical (unpaired) electrons. The van der Waals surface area contributed by atoms with Gasteiger partial charge in [-0.05, 0) is 5.56 Å². The number of hydrogen-bond donors (Lipinski definition) is 0. The van der Waals surface area contributed by atoms with E-state index in [2.05, 4.69) is 6.58 Å². The van der Waals surface area contributed by atoms with E-state index in [0.29, 0.717) is 11.5 Å². The Balaban J connectivity index is 2.65. The molecule has 1 rings (SSSR count). The maximum absolute atomic E-state index is 6.06. The number of hydrogen-bond acceptors (Lipinski definition) is 0. The molecule has 2 heteroatoms. The van der Waals surface area contributed by atoms with Gasteiger partial charge in [-0.15, -0.1) is 11.6 Å². The lowest BCUT2D eigenvalue weighted by Crippen LogP contribution is -1.88. The monoisotopic (exact) mass is 200 g/mol. The fourth-order valence-corrected chi connectivity index (χ4v) is 1.54. The van der Waals surface area contributed by atoms with Crippen molar-refractivity contribution in [3.05, 3.63) is 47.5 Å². The zero-order valence-electron chi connectivity index (χ0n) is 6.63. The first kappa shape index (κ1) is 9.63. The zero-order chi connectivity index (χ0) is 8.97. The second-order valence-electron chi connectivity index (χ2n) is 2.60. The summed E-state index contributed by atoms with van der Waals surface area (Å²) in [7, 11) is 0. The van der Waals surface area contributed by atoms with Crippen LogP contribution < -0.4 is 0 Å². The molecule has 0 N–H and O–H groups in total. The summed E-state index contributed by atoms with van der Waals surface area (Å²) in [5.41, 5.74) is 1.08. The van der Waals surface area contributed by atoms with E-state index in [0.717, 1.165) is 5.56 Å². The number of allylic oxidation sites excluding steroid dienone is 1. The third-order valence-electron chi connectivity index (χ3n) is 1.56. The fourth-order valence-electron chi connectivity index (χ4n) is 0.974. The lowest BCUT2D eigenvalue weighted by Gasteiger charge is -2.07. The van der Waals surface area contributed by atoms with Gasteiger partial charge in [-0.25, -0.2) is 0 Å². The van der Waals surface area contributed by atoms with Crippen LogP contribution in [-0.4, -0.2) is 0 Å². The summed E-state index contributed by atoms with van der Waals surface area (Å²) in [6.07, 6.45) is 0.618. The Kier molecular flexibility index (Phi) is 3.64. The van der Waals surface area contributed by atoms with Crippen molar-refractivity contribution in [2.24, 2.45) is 0 Å². The van der Waals surface area contributed by atoms with Crippen molar-refractivity contribution in [3.63, 3.8) is 0 Å². The summed E-state index contributed by atoms with van der Waals surface area (Å²) >= 11 is 11.7. The quantitative estimate of drug-likeness (QED) is 0.645. The largest absolute Gasteiger partial charge is 0.117 e. The molecule has 64 valence electrons. The summed E-state index contributed by atoms with van der Waals surface area (Å²) in [6, 6.07) is 9.85. The van der Waals surface area contributed by atoms with Gasteiger partial charge in [-0.2, -0.15) is 0 Å². The predicted octanol–water partition coefficient (Wildman–Crippen LogP) is 4.11. The fraction of sp³-hybridized carbons (Fsp3) is 0.200. The van der Waals surface area contributed by atoms with Gasteiger partial charge in [0.25, 0.3) is 0 Å². The highest BCUT2D eigenvalue weighted by molar-refractivity contribution is 6.30. The Morgan fingerprint density at radius 2 is 1.92 bits per heavy atom. The molecule has 0 saturated heterocycles. The van der Waals surface area contributed by atoms with Crippen molar-refractivity contribution in [1.82, 2.24) is 0 Å². The lowest BCUT2D eigenvalue weighted by molar-refractivity contribution is 0.945. The average Bonchev–Trinajstić information content (AvgIpc) is 2.05. The molecule has 0 nitrogen and oxygen atoms in total. The Labute approximate surface area is 82.8 Å². The minimum Gasteiger partial charge on any atom is -0.117 e. The Morgan fingerprint density at radius 1 is 1.33 bits per heavy atom. The third kappa shape index (κ3) is 2.88. The third-order valence-corrected chi connectivity index (χ3v) is 2.12. The van der Waals surface area contributed by atoms with Crippen LogP contribution in [-0.2, 0) is 0 Å². The molecule has 0 aliphatic rings. The number of alkyl halides is 1. The molecular formula is C10H10Cl2. The summed E-state index contributed by atoms with van der Waals surface area (Å²) in [5, 5.41) is 0.537. The average molecular weight is 201 g/mol. The van der Waals surface area contributed by atoms with Crippen LogP contribution in [0, 0.1) is 0 Å². The van der Waals surface area contributed by atoms with Gasteiger partial charge >= 0.3 is 0 Å². The maximum atomic E-state index is 6.06. The zero-order valence-corrected chi connectivity index (χ0v) is 8.15. The van der Waals surface area contributed by atoms with E-state index in [1.807, 2.05) is 30.3 Å². The smallest absolute Gasteiger partial charge is 0.0633 e. The Bertz CT molecular complexity index is 254. The van der Waals surface area contributed by atoms with Gasteiger partial charge in [0.05, 0.1) is 5.38 Å². The molecule has 0 spiro atoms. The highest BCUT2D eigenvalue weighted by Crippen LogP contribution is 2.27. The van der Waals surface area contributed by atoms with Crippen molar-refractivity contribution >= 4 is 23.2 Å². The van der Waals surface area contributed by atoms with E-state index in [9.17, 15) is 0 Å². The molecule has 0 aliphatic carbocycles. The van der Waals surface area contributed by atoms with Gasteiger partial charge in [0.15, 0.2) is 0 Å². The molecule has 0 heterocycles. The van der Waals surface area contributed by atoms with Crippen molar-refractivity contribution in [1.29, 1.82) is 0 Å². The van der Waals surface area contributed by atoms with Crippen molar-refractivity contribution in [2.75, 3.05) is 0 Å². The van der Waals surface area contributed by atoms with Crippen LogP contribution in [0.15, 0.2) is 41.9 Å². The summed E-state index contributed by atoms with van der Waals surface area (Å²) in [6.45, 7) is 3.60. The first-order valence-electron chi connectivity index (χ1n) is 3.72. The molecule has 0 bridgehead atoms. The van der Waals surface area contributed by atoms with Crippen LogP contribution in [0.2, 0.25) is 0 Å². The molecular weight excluding hydrogens is 191 g/mol. The standard InChI is InChI=1S/C10H10Cl2/c1-8(11)7-10(12)9-5-3-2-4-6-9/h2-6,10H,1,7H2. The topological polar surface area (TPSA) is 0 Å². The van der Waals surface area contributed by atoms with E-state index < -0.39 is 0 Å². The first-order chi connectivity index (χ1) is 5.70. The molecule has 1 atom stereocenters. The van der Waals surface area contributed by atoms with Crippen molar-refractivity contribution < 1.29 is 0 Å². The van der Waals surface area contributed by atoms with Gasteiger partial charge in [0.1, 0.15) is 0 Å². The minimum atomic E-state index is -0.0591. The summed E-state index contributed by atoms with van der Waals surface area (Å²) in [5.74, 6) is 0. The van der Waals surface area contributed by atoms with E-state index in [4.69, 9.17) is 23.2 Å². The van der Waals surface area contributed by atoms with E-state index in [1.54, 1.807) is 0 Å².